The van der Waals surface area contributed by atoms with Crippen LogP contribution in [-0.2, 0) is 14.3 Å². The van der Waals surface area contributed by atoms with Gasteiger partial charge in [-0.3, -0.25) is 4.79 Å². The zero-order valence-corrected chi connectivity index (χ0v) is 16.1. The van der Waals surface area contributed by atoms with Gasteiger partial charge < -0.3 is 14.6 Å². The van der Waals surface area contributed by atoms with Crippen LogP contribution in [0.4, 0.5) is 5.69 Å². The highest BCUT2D eigenvalue weighted by Crippen LogP contribution is 2.19. The number of ether oxygens (including phenoxy) is 2. The topological polar surface area (TPSA) is 164 Å². The van der Waals surface area contributed by atoms with Gasteiger partial charge in [0.15, 0.2) is 5.78 Å². The lowest BCUT2D eigenvalue weighted by Crippen LogP contribution is -2.15. The number of hydrogen-bond donors (Lipinski definition) is 1. The highest BCUT2D eigenvalue weighted by Gasteiger charge is 2.14. The Morgan fingerprint density at radius 3 is 2.03 bits per heavy atom. The van der Waals surface area contributed by atoms with E-state index in [1.165, 1.54) is 38.1 Å². The second kappa shape index (κ2) is 10.3. The molecule has 0 bridgehead atoms. The Kier molecular flexibility index (Phi) is 7.60. The lowest BCUT2D eigenvalue weighted by molar-refractivity contribution is -0.111. The molecule has 0 unspecified atom stereocenters. The van der Waals surface area contributed by atoms with Gasteiger partial charge in [-0.25, -0.2) is 19.6 Å². The summed E-state index contributed by atoms with van der Waals surface area (Å²) in [6.45, 7) is 2.32. The molecule has 1 N–H and O–H groups in total. The number of benzene rings is 1. The fourth-order valence-corrected chi connectivity index (χ4v) is 2.39. The molecule has 0 spiro atoms. The molecule has 0 atom stereocenters. The van der Waals surface area contributed by atoms with Crippen molar-refractivity contribution in [3.8, 4) is 0 Å². The van der Waals surface area contributed by atoms with Crippen LogP contribution < -0.4 is 0 Å². The number of carbonyl (C=O) groups excluding carboxylic acids is 3. The Balaban J connectivity index is 1.86. The van der Waals surface area contributed by atoms with Gasteiger partial charge in [-0.05, 0) is 37.1 Å². The molecule has 11 heteroatoms. The van der Waals surface area contributed by atoms with Crippen LogP contribution in [0.5, 0.6) is 0 Å². The summed E-state index contributed by atoms with van der Waals surface area (Å²) in [5, 5.41) is 12.9. The van der Waals surface area contributed by atoms with Gasteiger partial charge in [0, 0.05) is 17.3 Å². The summed E-state index contributed by atoms with van der Waals surface area (Å²) in [6, 6.07) is 5.94. The Hall–Kier alpha value is -4.24. The van der Waals surface area contributed by atoms with Crippen LogP contribution in [0.25, 0.3) is 16.0 Å². The predicted molar refractivity (Wildman–Crippen MR) is 104 cm³/mol. The molecule has 0 aliphatic carbocycles. The number of allylic oxidation sites excluding steroid dienone is 2. The van der Waals surface area contributed by atoms with Crippen LogP contribution in [0, 0.1) is 0 Å². The molecule has 30 heavy (non-hydrogen) atoms. The lowest BCUT2D eigenvalue weighted by atomic mass is 10.00. The summed E-state index contributed by atoms with van der Waals surface area (Å²) in [7, 11) is 0. The Labute approximate surface area is 170 Å². The van der Waals surface area contributed by atoms with Crippen LogP contribution in [-0.4, -0.2) is 46.0 Å². The average Bonchev–Trinajstić information content (AvgIpc) is 2.71. The minimum absolute atomic E-state index is 0.115. The van der Waals surface area contributed by atoms with Crippen molar-refractivity contribution in [1.82, 2.24) is 9.97 Å². The van der Waals surface area contributed by atoms with Crippen molar-refractivity contribution in [3.05, 3.63) is 69.8 Å². The second-order valence-electron chi connectivity index (χ2n) is 5.82. The van der Waals surface area contributed by atoms with Gasteiger partial charge in [0.1, 0.15) is 19.0 Å². The van der Waals surface area contributed by atoms with Gasteiger partial charge in [-0.2, -0.15) is 0 Å². The molecule has 0 saturated heterocycles. The van der Waals surface area contributed by atoms with Gasteiger partial charge in [0.25, 0.3) is 0 Å². The summed E-state index contributed by atoms with van der Waals surface area (Å²) in [4.78, 5) is 45.4. The second-order valence-corrected chi connectivity index (χ2v) is 5.82. The lowest BCUT2D eigenvalue weighted by Gasteiger charge is -2.08. The van der Waals surface area contributed by atoms with Gasteiger partial charge in [-0.15, -0.1) is 0 Å². The minimum atomic E-state index is -0.828. The highest BCUT2D eigenvalue weighted by atomic mass is 16.6. The van der Waals surface area contributed by atoms with Crippen molar-refractivity contribution < 1.29 is 29.0 Å². The van der Waals surface area contributed by atoms with Gasteiger partial charge in [0.05, 0.1) is 16.8 Å². The van der Waals surface area contributed by atoms with Crippen LogP contribution >= 0.6 is 0 Å². The van der Waals surface area contributed by atoms with Crippen molar-refractivity contribution in [2.24, 2.45) is 5.11 Å². The Bertz CT molecular complexity index is 1020. The summed E-state index contributed by atoms with van der Waals surface area (Å²) in [6.07, 6.45) is 2.33. The van der Waals surface area contributed by atoms with E-state index >= 15 is 0 Å². The molecular formula is C19H17N5O6. The normalized spacial score (nSPS) is 11.0. The van der Waals surface area contributed by atoms with E-state index < -0.39 is 11.9 Å². The number of rotatable bonds is 8. The first-order valence-corrected chi connectivity index (χ1v) is 8.56. The zero-order chi connectivity index (χ0) is 22.1. The molecule has 2 rings (SSSR count). The number of aliphatic hydroxyl groups excluding tert-OH is 1. The van der Waals surface area contributed by atoms with E-state index in [0.717, 1.165) is 12.4 Å². The molecule has 1 heterocycles. The SMILES string of the molecule is CC(=O)/C(=C(/C)O)c1ccc(C(=O)OCCOC(=O)c2ncc(N=[N+]=[N-])cn2)cc1. The number of aliphatic hydroxyl groups is 1. The summed E-state index contributed by atoms with van der Waals surface area (Å²) < 4.78 is 9.92. The molecule has 0 aliphatic rings. The van der Waals surface area contributed by atoms with Crippen LogP contribution in [0.3, 0.4) is 0 Å². The van der Waals surface area contributed by atoms with E-state index in [2.05, 4.69) is 20.0 Å². The molecule has 154 valence electrons. The first-order valence-electron chi connectivity index (χ1n) is 8.56. The smallest absolute Gasteiger partial charge is 0.376 e. The van der Waals surface area contributed by atoms with Crippen LogP contribution in [0.1, 0.15) is 40.4 Å². The largest absolute Gasteiger partial charge is 0.512 e. The van der Waals surface area contributed by atoms with E-state index in [-0.39, 0.29) is 47.4 Å². The number of azide groups is 1. The van der Waals surface area contributed by atoms with Crippen molar-refractivity contribution in [3.63, 3.8) is 0 Å². The molecule has 0 amide bonds. The number of aromatic nitrogens is 2. The molecule has 11 nitrogen and oxygen atoms in total. The first kappa shape index (κ1) is 22.1. The molecule has 1 aromatic heterocycles. The average molecular weight is 411 g/mol. The molecule has 2 aromatic rings. The van der Waals surface area contributed by atoms with E-state index in [9.17, 15) is 19.5 Å². The minimum Gasteiger partial charge on any atom is -0.512 e. The van der Waals surface area contributed by atoms with E-state index in [1.807, 2.05) is 0 Å². The maximum Gasteiger partial charge on any atom is 0.376 e. The third-order valence-electron chi connectivity index (χ3n) is 3.65. The van der Waals surface area contributed by atoms with Crippen molar-refractivity contribution in [2.75, 3.05) is 13.2 Å². The Morgan fingerprint density at radius 1 is 1.00 bits per heavy atom. The number of nitrogens with zero attached hydrogens (tertiary/aromatic N) is 5. The van der Waals surface area contributed by atoms with Crippen molar-refractivity contribution in [2.45, 2.75) is 13.8 Å². The van der Waals surface area contributed by atoms with Crippen LogP contribution in [0.15, 0.2) is 47.5 Å². The summed E-state index contributed by atoms with van der Waals surface area (Å²) in [5.41, 5.74) is 9.30. The van der Waals surface area contributed by atoms with Crippen molar-refractivity contribution in [1.29, 1.82) is 0 Å². The molecule has 1 aromatic carbocycles. The van der Waals surface area contributed by atoms with E-state index in [0.29, 0.717) is 5.56 Å². The standard InChI is InChI=1S/C19H17N5O6/c1-11(25)16(12(2)26)13-3-5-14(6-4-13)18(27)29-7-8-30-19(28)17-21-9-15(10-22-17)23-24-20/h3-6,9-10,25H,7-8H2,1-2H3/b16-11+. The molecule has 0 aliphatic heterocycles. The fraction of sp³-hybridized carbons (Fsp3) is 0.211. The Morgan fingerprint density at radius 2 is 1.53 bits per heavy atom. The third-order valence-corrected chi connectivity index (χ3v) is 3.65. The summed E-state index contributed by atoms with van der Waals surface area (Å²) >= 11 is 0. The van der Waals surface area contributed by atoms with Crippen LogP contribution in [0.2, 0.25) is 0 Å². The monoisotopic (exact) mass is 411 g/mol. The fourth-order valence-electron chi connectivity index (χ4n) is 2.39. The van der Waals surface area contributed by atoms with E-state index in [1.54, 1.807) is 0 Å². The molecule has 0 fully saturated rings. The molecule has 0 radical (unpaired) electrons. The summed E-state index contributed by atoms with van der Waals surface area (Å²) in [5.74, 6) is -2.13. The number of Topliss-reactive ketones (excluding diaryl/α,β-unsaturated/α-hetero) is 1. The number of ketones is 1. The highest BCUT2D eigenvalue weighted by molar-refractivity contribution is 6.20. The number of carbonyl (C=O) groups is 3. The van der Waals surface area contributed by atoms with Gasteiger partial charge >= 0.3 is 11.9 Å². The maximum absolute atomic E-state index is 12.1. The van der Waals surface area contributed by atoms with Gasteiger partial charge in [0.2, 0.25) is 5.82 Å². The number of esters is 2. The predicted octanol–water partition coefficient (Wildman–Crippen LogP) is 3.31. The maximum atomic E-state index is 12.1. The van der Waals surface area contributed by atoms with Gasteiger partial charge in [-0.1, -0.05) is 17.2 Å². The zero-order valence-electron chi connectivity index (χ0n) is 16.1. The van der Waals surface area contributed by atoms with Crippen molar-refractivity contribution >= 4 is 29.0 Å². The quantitative estimate of drug-likeness (QED) is 0.131. The third kappa shape index (κ3) is 5.88. The number of hydrogen-bond acceptors (Lipinski definition) is 9. The molecular weight excluding hydrogens is 394 g/mol. The first-order chi connectivity index (χ1) is 14.3. The van der Waals surface area contributed by atoms with E-state index in [4.69, 9.17) is 15.0 Å². The molecule has 0 saturated carbocycles.